The lowest BCUT2D eigenvalue weighted by atomic mass is 10.0. The molecule has 90 valence electrons. The molecular weight excluding hydrogens is 278 g/mol. The summed E-state index contributed by atoms with van der Waals surface area (Å²) in [5.74, 6) is 1.95. The van der Waals surface area contributed by atoms with Gasteiger partial charge in [0.25, 0.3) is 0 Å². The van der Waals surface area contributed by atoms with Gasteiger partial charge in [0.05, 0.1) is 5.33 Å². The van der Waals surface area contributed by atoms with Gasteiger partial charge in [-0.15, -0.1) is 10.2 Å². The Morgan fingerprint density at radius 3 is 2.59 bits per heavy atom. The summed E-state index contributed by atoms with van der Waals surface area (Å²) >= 11 is 3.45. The Labute approximate surface area is 110 Å². The molecule has 0 bridgehead atoms. The Kier molecular flexibility index (Phi) is 3.94. The lowest BCUT2D eigenvalue weighted by Gasteiger charge is -2.09. The minimum absolute atomic E-state index is 0.738. The van der Waals surface area contributed by atoms with Crippen LogP contribution in [0.5, 0.6) is 0 Å². The van der Waals surface area contributed by atoms with Crippen molar-refractivity contribution in [2.75, 3.05) is 0 Å². The SMILES string of the molecule is CCc1ccccc1-c1nnc(CBr)n1CC. The maximum absolute atomic E-state index is 4.32. The van der Waals surface area contributed by atoms with E-state index in [0.29, 0.717) is 0 Å². The highest BCUT2D eigenvalue weighted by molar-refractivity contribution is 9.08. The highest BCUT2D eigenvalue weighted by Crippen LogP contribution is 2.23. The van der Waals surface area contributed by atoms with Gasteiger partial charge in [0.1, 0.15) is 5.82 Å². The summed E-state index contributed by atoms with van der Waals surface area (Å²) < 4.78 is 2.16. The number of halogens is 1. The second kappa shape index (κ2) is 5.45. The summed E-state index contributed by atoms with van der Waals surface area (Å²) in [7, 11) is 0. The van der Waals surface area contributed by atoms with Crippen molar-refractivity contribution in [1.29, 1.82) is 0 Å². The topological polar surface area (TPSA) is 30.7 Å². The molecule has 0 amide bonds. The van der Waals surface area contributed by atoms with Crippen molar-refractivity contribution in [2.45, 2.75) is 32.1 Å². The standard InChI is InChI=1S/C13H16BrN3/c1-3-10-7-5-6-8-11(10)13-16-15-12(9-14)17(13)4-2/h5-8H,3-4,9H2,1-2H3. The van der Waals surface area contributed by atoms with Gasteiger partial charge in [-0.2, -0.15) is 0 Å². The molecule has 0 unspecified atom stereocenters. The Hall–Kier alpha value is -1.16. The first-order chi connectivity index (χ1) is 8.31. The molecular formula is C13H16BrN3. The zero-order valence-corrected chi connectivity index (χ0v) is 11.7. The minimum atomic E-state index is 0.738. The molecule has 0 aliphatic carbocycles. The van der Waals surface area contributed by atoms with Crippen molar-refractivity contribution in [3.63, 3.8) is 0 Å². The Morgan fingerprint density at radius 2 is 1.94 bits per heavy atom. The van der Waals surface area contributed by atoms with Crippen LogP contribution in [0.1, 0.15) is 25.2 Å². The molecule has 1 aromatic carbocycles. The van der Waals surface area contributed by atoms with Crippen LogP contribution in [0.3, 0.4) is 0 Å². The molecule has 17 heavy (non-hydrogen) atoms. The Bertz CT molecular complexity index is 505. The largest absolute Gasteiger partial charge is 0.311 e. The molecule has 1 aromatic heterocycles. The minimum Gasteiger partial charge on any atom is -0.311 e. The van der Waals surface area contributed by atoms with Gasteiger partial charge in [-0.25, -0.2) is 0 Å². The van der Waals surface area contributed by atoms with E-state index in [1.807, 2.05) is 0 Å². The van der Waals surface area contributed by atoms with Crippen LogP contribution in [0.25, 0.3) is 11.4 Å². The molecule has 3 nitrogen and oxygen atoms in total. The molecule has 0 atom stereocenters. The average Bonchev–Trinajstić information content (AvgIpc) is 2.81. The smallest absolute Gasteiger partial charge is 0.164 e. The quantitative estimate of drug-likeness (QED) is 0.809. The molecule has 0 fully saturated rings. The third kappa shape index (κ3) is 2.27. The predicted molar refractivity (Wildman–Crippen MR) is 73.1 cm³/mol. The summed E-state index contributed by atoms with van der Waals surface area (Å²) in [6, 6.07) is 8.39. The first kappa shape index (κ1) is 12.3. The lowest BCUT2D eigenvalue weighted by molar-refractivity contribution is 0.733. The van der Waals surface area contributed by atoms with Crippen LogP contribution < -0.4 is 0 Å². The van der Waals surface area contributed by atoms with Crippen molar-refractivity contribution in [2.24, 2.45) is 0 Å². The average molecular weight is 294 g/mol. The van der Waals surface area contributed by atoms with E-state index >= 15 is 0 Å². The van der Waals surface area contributed by atoms with Crippen LogP contribution in [0.15, 0.2) is 24.3 Å². The lowest BCUT2D eigenvalue weighted by Crippen LogP contribution is -2.03. The summed E-state index contributed by atoms with van der Waals surface area (Å²) in [5.41, 5.74) is 2.51. The van der Waals surface area contributed by atoms with Crippen molar-refractivity contribution in [3.05, 3.63) is 35.7 Å². The van der Waals surface area contributed by atoms with Crippen molar-refractivity contribution < 1.29 is 0 Å². The van der Waals surface area contributed by atoms with Crippen LogP contribution >= 0.6 is 15.9 Å². The molecule has 0 radical (unpaired) electrons. The van der Waals surface area contributed by atoms with Gasteiger partial charge in [-0.05, 0) is 18.9 Å². The van der Waals surface area contributed by atoms with Crippen LogP contribution in [-0.4, -0.2) is 14.8 Å². The van der Waals surface area contributed by atoms with Gasteiger partial charge in [0.15, 0.2) is 5.82 Å². The third-order valence-electron chi connectivity index (χ3n) is 2.90. The number of hydrogen-bond donors (Lipinski definition) is 0. The van der Waals surface area contributed by atoms with E-state index in [1.165, 1.54) is 11.1 Å². The van der Waals surface area contributed by atoms with Gasteiger partial charge in [-0.3, -0.25) is 0 Å². The van der Waals surface area contributed by atoms with Crippen LogP contribution in [0.4, 0.5) is 0 Å². The number of aryl methyl sites for hydroxylation is 1. The van der Waals surface area contributed by atoms with E-state index in [9.17, 15) is 0 Å². The Morgan fingerprint density at radius 1 is 1.18 bits per heavy atom. The summed E-state index contributed by atoms with van der Waals surface area (Å²) in [4.78, 5) is 0. The summed E-state index contributed by atoms with van der Waals surface area (Å²) in [5, 5.41) is 9.28. The number of benzene rings is 1. The highest BCUT2D eigenvalue weighted by atomic mass is 79.9. The van der Waals surface area contributed by atoms with E-state index < -0.39 is 0 Å². The molecule has 0 saturated carbocycles. The van der Waals surface area contributed by atoms with Crippen molar-refractivity contribution >= 4 is 15.9 Å². The van der Waals surface area contributed by atoms with Gasteiger partial charge in [0, 0.05) is 12.1 Å². The van der Waals surface area contributed by atoms with E-state index in [-0.39, 0.29) is 0 Å². The molecule has 2 aromatic rings. The fraction of sp³-hybridized carbons (Fsp3) is 0.385. The molecule has 0 aliphatic heterocycles. The van der Waals surface area contributed by atoms with Gasteiger partial charge in [0.2, 0.25) is 0 Å². The van der Waals surface area contributed by atoms with Crippen molar-refractivity contribution in [3.8, 4) is 11.4 Å². The molecule has 0 spiro atoms. The number of nitrogens with zero attached hydrogens (tertiary/aromatic N) is 3. The van der Waals surface area contributed by atoms with E-state index in [4.69, 9.17) is 0 Å². The number of aromatic nitrogens is 3. The van der Waals surface area contributed by atoms with Crippen LogP contribution in [0, 0.1) is 0 Å². The third-order valence-corrected chi connectivity index (χ3v) is 3.40. The fourth-order valence-electron chi connectivity index (χ4n) is 2.01. The monoisotopic (exact) mass is 293 g/mol. The van der Waals surface area contributed by atoms with Crippen molar-refractivity contribution in [1.82, 2.24) is 14.8 Å². The number of rotatable bonds is 4. The van der Waals surface area contributed by atoms with Crippen LogP contribution in [0.2, 0.25) is 0 Å². The normalized spacial score (nSPS) is 10.8. The van der Waals surface area contributed by atoms with E-state index in [2.05, 4.69) is 68.8 Å². The molecule has 1 heterocycles. The fourth-order valence-corrected chi connectivity index (χ4v) is 2.43. The predicted octanol–water partition coefficient (Wildman–Crippen LogP) is 3.42. The number of hydrogen-bond acceptors (Lipinski definition) is 2. The Balaban J connectivity index is 2.56. The van der Waals surface area contributed by atoms with Gasteiger partial charge in [-0.1, -0.05) is 47.1 Å². The first-order valence-corrected chi connectivity index (χ1v) is 7.00. The van der Waals surface area contributed by atoms with E-state index in [1.54, 1.807) is 0 Å². The molecule has 2 rings (SSSR count). The zero-order valence-electron chi connectivity index (χ0n) is 10.2. The molecule has 4 heteroatoms. The van der Waals surface area contributed by atoms with Crippen LogP contribution in [-0.2, 0) is 18.3 Å². The second-order valence-electron chi connectivity index (χ2n) is 3.83. The maximum Gasteiger partial charge on any atom is 0.164 e. The molecule has 0 N–H and O–H groups in total. The molecule has 0 aliphatic rings. The second-order valence-corrected chi connectivity index (χ2v) is 4.39. The maximum atomic E-state index is 4.32. The number of alkyl halides is 1. The zero-order chi connectivity index (χ0) is 12.3. The molecule has 0 saturated heterocycles. The van der Waals surface area contributed by atoms with E-state index in [0.717, 1.165) is 29.9 Å². The first-order valence-electron chi connectivity index (χ1n) is 5.88. The van der Waals surface area contributed by atoms with Gasteiger partial charge < -0.3 is 4.57 Å². The van der Waals surface area contributed by atoms with Gasteiger partial charge >= 0.3 is 0 Å². The summed E-state index contributed by atoms with van der Waals surface area (Å²) in [6.07, 6.45) is 1.01. The highest BCUT2D eigenvalue weighted by Gasteiger charge is 2.13. The summed E-state index contributed by atoms with van der Waals surface area (Å²) in [6.45, 7) is 5.17.